The summed E-state index contributed by atoms with van der Waals surface area (Å²) < 4.78 is 0.980. The first-order valence-corrected chi connectivity index (χ1v) is 9.75. The molecule has 4 rings (SSSR count). The number of H-pyrrole nitrogens is 2. The standard InChI is InChI=1S/C20H16N4O5S/c1-10-12(17-13(8-14(10)24(28)29)21-18(25)19(26)22-17)9-23(2)20(27)16-7-11-5-3-4-6-15(11)30-16/h3-8H,9H2,1-2H3,(H,21,25)(H,22,26). The lowest BCUT2D eigenvalue weighted by molar-refractivity contribution is -0.385. The smallest absolute Gasteiger partial charge is 0.314 e. The molecule has 4 aromatic rings. The molecule has 2 N–H and O–H groups in total. The van der Waals surface area contributed by atoms with E-state index in [4.69, 9.17) is 0 Å². The monoisotopic (exact) mass is 424 g/mol. The number of nitro groups is 1. The number of carbonyl (C=O) groups excluding carboxylic acids is 1. The van der Waals surface area contributed by atoms with E-state index in [1.165, 1.54) is 22.3 Å². The van der Waals surface area contributed by atoms with Crippen LogP contribution in [0.4, 0.5) is 5.69 Å². The van der Waals surface area contributed by atoms with Crippen LogP contribution in [0.5, 0.6) is 0 Å². The summed E-state index contributed by atoms with van der Waals surface area (Å²) in [6.45, 7) is 1.56. The van der Waals surface area contributed by atoms with Gasteiger partial charge in [-0.1, -0.05) is 18.2 Å². The third-order valence-corrected chi connectivity index (χ3v) is 6.06. The van der Waals surface area contributed by atoms with Crippen molar-refractivity contribution in [3.8, 4) is 0 Å². The molecule has 2 aromatic heterocycles. The second-order valence-electron chi connectivity index (χ2n) is 6.90. The minimum Gasteiger partial charge on any atom is -0.337 e. The maximum Gasteiger partial charge on any atom is 0.314 e. The number of amides is 1. The molecule has 30 heavy (non-hydrogen) atoms. The van der Waals surface area contributed by atoms with E-state index in [2.05, 4.69) is 9.97 Å². The molecule has 0 saturated carbocycles. The number of hydrogen-bond acceptors (Lipinski definition) is 6. The van der Waals surface area contributed by atoms with E-state index in [1.54, 1.807) is 20.0 Å². The summed E-state index contributed by atoms with van der Waals surface area (Å²) in [7, 11) is 1.58. The van der Waals surface area contributed by atoms with Gasteiger partial charge in [-0.05, 0) is 24.4 Å². The fourth-order valence-electron chi connectivity index (χ4n) is 3.38. The number of aromatic amines is 2. The van der Waals surface area contributed by atoms with Gasteiger partial charge in [0.15, 0.2) is 0 Å². The molecule has 0 saturated heterocycles. The van der Waals surface area contributed by atoms with Crippen molar-refractivity contribution in [2.24, 2.45) is 0 Å². The molecule has 0 radical (unpaired) electrons. The van der Waals surface area contributed by atoms with Crippen molar-refractivity contribution in [1.82, 2.24) is 14.9 Å². The van der Waals surface area contributed by atoms with Crippen LogP contribution in [0.15, 0.2) is 46.0 Å². The van der Waals surface area contributed by atoms with Crippen LogP contribution in [0.2, 0.25) is 0 Å². The van der Waals surface area contributed by atoms with Crippen molar-refractivity contribution in [2.75, 3.05) is 7.05 Å². The number of nitrogens with one attached hydrogen (secondary N) is 2. The highest BCUT2D eigenvalue weighted by atomic mass is 32.1. The molecule has 152 valence electrons. The Morgan fingerprint density at radius 1 is 1.17 bits per heavy atom. The molecule has 10 heteroatoms. The number of fused-ring (bicyclic) bond motifs is 2. The van der Waals surface area contributed by atoms with Gasteiger partial charge in [0, 0.05) is 35.5 Å². The number of hydrogen-bond donors (Lipinski definition) is 2. The molecule has 0 atom stereocenters. The molecule has 1 amide bonds. The SMILES string of the molecule is Cc1c([N+](=O)[O-])cc2[nH]c(=O)c(=O)[nH]c2c1CN(C)C(=O)c1cc2ccccc2s1. The number of aromatic nitrogens is 2. The molecule has 0 bridgehead atoms. The predicted octanol–water partition coefficient (Wildman–Crippen LogP) is 2.92. The van der Waals surface area contributed by atoms with Gasteiger partial charge >= 0.3 is 11.1 Å². The molecular formula is C20H16N4O5S. The van der Waals surface area contributed by atoms with E-state index in [9.17, 15) is 24.5 Å². The fraction of sp³-hybridized carbons (Fsp3) is 0.150. The largest absolute Gasteiger partial charge is 0.337 e. The van der Waals surface area contributed by atoms with E-state index < -0.39 is 16.0 Å². The van der Waals surface area contributed by atoms with Crippen LogP contribution >= 0.6 is 11.3 Å². The van der Waals surface area contributed by atoms with Crippen molar-refractivity contribution in [1.29, 1.82) is 0 Å². The summed E-state index contributed by atoms with van der Waals surface area (Å²) in [6.07, 6.45) is 0. The number of nitrogens with zero attached hydrogens (tertiary/aromatic N) is 2. The van der Waals surface area contributed by atoms with E-state index in [-0.39, 0.29) is 29.2 Å². The summed E-state index contributed by atoms with van der Waals surface area (Å²) in [4.78, 5) is 54.2. The molecule has 0 fully saturated rings. The highest BCUT2D eigenvalue weighted by Gasteiger charge is 2.23. The highest BCUT2D eigenvalue weighted by molar-refractivity contribution is 7.20. The topological polar surface area (TPSA) is 129 Å². The second-order valence-corrected chi connectivity index (χ2v) is 7.98. The molecule has 0 aliphatic heterocycles. The Morgan fingerprint density at radius 2 is 1.87 bits per heavy atom. The molecule has 2 aromatic carbocycles. The van der Waals surface area contributed by atoms with E-state index in [0.29, 0.717) is 16.0 Å². The normalized spacial score (nSPS) is 11.1. The number of rotatable bonds is 4. The predicted molar refractivity (Wildman–Crippen MR) is 114 cm³/mol. The molecule has 0 aliphatic rings. The van der Waals surface area contributed by atoms with Gasteiger partial charge in [0.2, 0.25) is 0 Å². The maximum atomic E-state index is 13.0. The second kappa shape index (κ2) is 7.23. The Labute approximate surface area is 172 Å². The summed E-state index contributed by atoms with van der Waals surface area (Å²) in [6, 6.07) is 10.6. The zero-order valence-electron chi connectivity index (χ0n) is 16.0. The van der Waals surface area contributed by atoms with Gasteiger partial charge in [-0.25, -0.2) is 0 Å². The zero-order chi connectivity index (χ0) is 21.6. The number of thiophene rings is 1. The first-order valence-electron chi connectivity index (χ1n) is 8.93. The first kappa shape index (κ1) is 19.5. The number of benzene rings is 2. The Hall–Kier alpha value is -3.79. The van der Waals surface area contributed by atoms with Gasteiger partial charge in [-0.2, -0.15) is 0 Å². The van der Waals surface area contributed by atoms with Gasteiger partial charge in [-0.15, -0.1) is 11.3 Å². The van der Waals surface area contributed by atoms with Crippen LogP contribution in [0.1, 0.15) is 20.8 Å². The Kier molecular flexibility index (Phi) is 4.70. The zero-order valence-corrected chi connectivity index (χ0v) is 16.8. The van der Waals surface area contributed by atoms with Crippen molar-refractivity contribution < 1.29 is 9.72 Å². The van der Waals surface area contributed by atoms with Gasteiger partial charge in [0.1, 0.15) is 0 Å². The van der Waals surface area contributed by atoms with Crippen LogP contribution in [0, 0.1) is 17.0 Å². The summed E-state index contributed by atoms with van der Waals surface area (Å²) in [5.41, 5.74) is -0.872. The summed E-state index contributed by atoms with van der Waals surface area (Å²) in [5.74, 6) is -0.248. The quantitative estimate of drug-likeness (QED) is 0.296. The Morgan fingerprint density at radius 3 is 2.57 bits per heavy atom. The minimum atomic E-state index is -0.902. The summed E-state index contributed by atoms with van der Waals surface area (Å²) >= 11 is 1.36. The molecule has 0 aliphatic carbocycles. The maximum absolute atomic E-state index is 13.0. The van der Waals surface area contributed by atoms with Crippen molar-refractivity contribution >= 4 is 44.1 Å². The molecule has 0 unspecified atom stereocenters. The third-order valence-electron chi connectivity index (χ3n) is 4.96. The van der Waals surface area contributed by atoms with Crippen molar-refractivity contribution in [2.45, 2.75) is 13.5 Å². The van der Waals surface area contributed by atoms with Crippen LogP contribution in [-0.4, -0.2) is 32.7 Å². The van der Waals surface area contributed by atoms with Gasteiger partial charge < -0.3 is 14.9 Å². The minimum absolute atomic E-state index is 0.0130. The first-order chi connectivity index (χ1) is 14.3. The van der Waals surface area contributed by atoms with Gasteiger partial charge in [0.25, 0.3) is 11.6 Å². The molecule has 2 heterocycles. The lowest BCUT2D eigenvalue weighted by Crippen LogP contribution is -2.30. The van der Waals surface area contributed by atoms with Crippen molar-refractivity contribution in [3.63, 3.8) is 0 Å². The average Bonchev–Trinajstić information content (AvgIpc) is 3.14. The third kappa shape index (κ3) is 3.26. The fourth-order valence-corrected chi connectivity index (χ4v) is 4.44. The molecular weight excluding hydrogens is 408 g/mol. The van der Waals surface area contributed by atoms with Crippen LogP contribution < -0.4 is 11.1 Å². The Bertz CT molecular complexity index is 1420. The van der Waals surface area contributed by atoms with E-state index in [1.807, 2.05) is 24.3 Å². The lowest BCUT2D eigenvalue weighted by atomic mass is 10.0. The van der Waals surface area contributed by atoms with Crippen molar-refractivity contribution in [3.05, 3.63) is 83.2 Å². The van der Waals surface area contributed by atoms with E-state index >= 15 is 0 Å². The number of nitro benzene ring substituents is 1. The van der Waals surface area contributed by atoms with Crippen LogP contribution in [-0.2, 0) is 6.54 Å². The summed E-state index contributed by atoms with van der Waals surface area (Å²) in [5, 5.41) is 12.4. The number of carbonyl (C=O) groups is 1. The Balaban J connectivity index is 1.80. The molecule has 0 spiro atoms. The average molecular weight is 424 g/mol. The van der Waals surface area contributed by atoms with Crippen LogP contribution in [0.25, 0.3) is 21.1 Å². The van der Waals surface area contributed by atoms with Gasteiger partial charge in [-0.3, -0.25) is 24.5 Å². The van der Waals surface area contributed by atoms with Crippen LogP contribution in [0.3, 0.4) is 0 Å². The molecule has 9 nitrogen and oxygen atoms in total. The van der Waals surface area contributed by atoms with Gasteiger partial charge in [0.05, 0.1) is 20.8 Å². The lowest BCUT2D eigenvalue weighted by Gasteiger charge is -2.19. The van der Waals surface area contributed by atoms with E-state index in [0.717, 1.165) is 10.1 Å². The highest BCUT2D eigenvalue weighted by Crippen LogP contribution is 2.30.